The fourth-order valence-electron chi connectivity index (χ4n) is 1.33. The van der Waals surface area contributed by atoms with Gasteiger partial charge in [0, 0.05) is 23.9 Å². The van der Waals surface area contributed by atoms with Gasteiger partial charge in [-0.3, -0.25) is 4.79 Å². The predicted molar refractivity (Wildman–Crippen MR) is 64.5 cm³/mol. The maximum atomic E-state index is 11.0. The van der Waals surface area contributed by atoms with Crippen LogP contribution in [0.2, 0.25) is 5.02 Å². The minimum Gasteiger partial charge on any atom is -0.465 e. The van der Waals surface area contributed by atoms with Crippen molar-refractivity contribution in [1.29, 1.82) is 0 Å². The summed E-state index contributed by atoms with van der Waals surface area (Å²) in [6, 6.07) is 7.42. The lowest BCUT2D eigenvalue weighted by atomic mass is 10.0. The van der Waals surface area contributed by atoms with E-state index >= 15 is 0 Å². The molecule has 1 aromatic carbocycles. The number of carbonyl (C=O) groups excluding carboxylic acids is 1. The number of hydrogen-bond acceptors (Lipinski definition) is 3. The molecule has 1 atom stereocenters. The van der Waals surface area contributed by atoms with Crippen molar-refractivity contribution in [3.63, 3.8) is 0 Å². The third-order valence-corrected chi connectivity index (χ3v) is 2.61. The molecule has 0 fully saturated rings. The molecule has 0 saturated heterocycles. The quantitative estimate of drug-likeness (QED) is 0.805. The van der Waals surface area contributed by atoms with Crippen LogP contribution < -0.4 is 5.73 Å². The highest BCUT2D eigenvalue weighted by Gasteiger charge is 2.11. The van der Waals surface area contributed by atoms with Crippen molar-refractivity contribution >= 4 is 17.6 Å². The van der Waals surface area contributed by atoms with Crippen LogP contribution in [0.25, 0.3) is 0 Å². The van der Waals surface area contributed by atoms with Crippen LogP contribution in [0.4, 0.5) is 0 Å². The molecule has 1 aromatic rings. The summed E-state index contributed by atoms with van der Waals surface area (Å²) < 4.78 is 5.08. The number of nitrogens with two attached hydrogens (primary N) is 1. The second kappa shape index (κ2) is 6.51. The van der Waals surface area contributed by atoms with Gasteiger partial charge in [-0.25, -0.2) is 0 Å². The van der Waals surface area contributed by atoms with Gasteiger partial charge in [0.05, 0.1) is 6.61 Å². The van der Waals surface area contributed by atoms with Crippen LogP contribution >= 0.6 is 11.6 Å². The molecule has 0 aromatic heterocycles. The highest BCUT2D eigenvalue weighted by molar-refractivity contribution is 6.30. The van der Waals surface area contributed by atoms with Crippen molar-refractivity contribution in [2.45, 2.75) is 19.3 Å². The van der Waals surface area contributed by atoms with Crippen LogP contribution in [0.3, 0.4) is 0 Å². The van der Waals surface area contributed by atoms with E-state index in [1.165, 1.54) is 0 Å². The number of hydrogen-bond donors (Lipinski definition) is 1. The van der Waals surface area contributed by atoms with E-state index in [4.69, 9.17) is 22.1 Å². The van der Waals surface area contributed by atoms with Gasteiger partial charge in [0.2, 0.25) is 0 Å². The number of ether oxygens (including phenoxy) is 1. The maximum Gasteiger partial charge on any atom is 0.305 e. The summed E-state index contributed by atoms with van der Waals surface area (Å²) in [5, 5.41) is 0.685. The molecule has 0 radical (unpaired) electrons. The summed E-state index contributed by atoms with van der Waals surface area (Å²) in [4.78, 5) is 11.0. The van der Waals surface area contributed by atoms with E-state index < -0.39 is 0 Å². The zero-order chi connectivity index (χ0) is 12.0. The maximum absolute atomic E-state index is 11.0. The first-order valence-corrected chi connectivity index (χ1v) is 5.66. The van der Waals surface area contributed by atoms with Crippen LogP contribution in [0.5, 0.6) is 0 Å². The van der Waals surface area contributed by atoms with Gasteiger partial charge in [-0.2, -0.15) is 0 Å². The summed E-state index contributed by atoms with van der Waals surface area (Å²) >= 11 is 5.79. The third kappa shape index (κ3) is 3.83. The molecule has 1 rings (SSSR count). The van der Waals surface area contributed by atoms with Gasteiger partial charge in [-0.15, -0.1) is 0 Å². The molecule has 0 bridgehead atoms. The Morgan fingerprint density at radius 1 is 1.44 bits per heavy atom. The molecule has 3 nitrogen and oxygen atoms in total. The van der Waals surface area contributed by atoms with Crippen molar-refractivity contribution in [3.8, 4) is 0 Å². The van der Waals surface area contributed by atoms with Crippen molar-refractivity contribution in [3.05, 3.63) is 34.9 Å². The molecule has 0 heterocycles. The topological polar surface area (TPSA) is 52.3 Å². The van der Waals surface area contributed by atoms with Crippen molar-refractivity contribution in [2.75, 3.05) is 13.2 Å². The summed E-state index contributed by atoms with van der Waals surface area (Å²) in [6.07, 6.45) is 0.387. The third-order valence-electron chi connectivity index (χ3n) is 2.36. The zero-order valence-corrected chi connectivity index (χ0v) is 10.0. The molecule has 1 unspecified atom stereocenters. The molecular weight excluding hydrogens is 226 g/mol. The predicted octanol–water partition coefficient (Wildman–Crippen LogP) is 2.34. The molecule has 2 N–H and O–H groups in total. The largest absolute Gasteiger partial charge is 0.465 e. The van der Waals surface area contributed by atoms with Gasteiger partial charge in [0.1, 0.15) is 0 Å². The summed E-state index contributed by atoms with van der Waals surface area (Å²) in [7, 11) is 0. The average molecular weight is 242 g/mol. The van der Waals surface area contributed by atoms with E-state index in [1.807, 2.05) is 12.1 Å². The van der Waals surface area contributed by atoms with Crippen molar-refractivity contribution in [2.24, 2.45) is 5.73 Å². The second-order valence-electron chi connectivity index (χ2n) is 3.52. The first-order valence-electron chi connectivity index (χ1n) is 5.28. The number of benzene rings is 1. The summed E-state index contributed by atoms with van der Waals surface area (Å²) in [5.74, 6) is -0.166. The van der Waals surface area contributed by atoms with E-state index in [2.05, 4.69) is 0 Å². The van der Waals surface area contributed by atoms with Gasteiger partial charge in [-0.05, 0) is 17.7 Å². The Morgan fingerprint density at radius 3 is 2.56 bits per heavy atom. The summed E-state index contributed by atoms with van der Waals surface area (Å²) in [5.41, 5.74) is 6.68. The first kappa shape index (κ1) is 13.0. The lowest BCUT2D eigenvalue weighted by Gasteiger charge is -2.15. The molecule has 88 valence electrons. The van der Waals surface area contributed by atoms with Crippen molar-refractivity contribution < 1.29 is 9.53 Å². The molecule has 0 spiro atoms. The van der Waals surface area contributed by atoms with Gasteiger partial charge >= 0.3 is 5.97 Å². The summed E-state index contributed by atoms with van der Waals surface area (Å²) in [6.45, 7) is 2.53. The Morgan fingerprint density at radius 2 is 2.06 bits per heavy atom. The van der Waals surface area contributed by atoms with Crippen LogP contribution in [0.1, 0.15) is 24.8 Å². The Balaban J connectivity index is 2.60. The molecule has 0 amide bonds. The Hall–Kier alpha value is -1.06. The van der Waals surface area contributed by atoms with Crippen LogP contribution in [0, 0.1) is 0 Å². The monoisotopic (exact) mass is 241 g/mol. The van der Waals surface area contributed by atoms with E-state index in [0.717, 1.165) is 5.56 Å². The van der Waals surface area contributed by atoms with Crippen molar-refractivity contribution in [1.82, 2.24) is 0 Å². The van der Waals surface area contributed by atoms with E-state index in [0.29, 0.717) is 24.6 Å². The standard InChI is InChI=1S/C12H16ClNO2/c1-2-12(15)16-8-10(7-14)9-3-5-11(13)6-4-9/h3-6,10H,2,7-8,14H2,1H3. The zero-order valence-electron chi connectivity index (χ0n) is 9.28. The van der Waals surface area contributed by atoms with E-state index in [9.17, 15) is 4.79 Å². The normalized spacial score (nSPS) is 12.2. The van der Waals surface area contributed by atoms with Gasteiger partial charge < -0.3 is 10.5 Å². The lowest BCUT2D eigenvalue weighted by molar-refractivity contribution is -0.143. The number of esters is 1. The SMILES string of the molecule is CCC(=O)OCC(CN)c1ccc(Cl)cc1. The molecular formula is C12H16ClNO2. The van der Waals surface area contributed by atoms with E-state index in [-0.39, 0.29) is 11.9 Å². The van der Waals surface area contributed by atoms with Gasteiger partial charge in [0.25, 0.3) is 0 Å². The highest BCUT2D eigenvalue weighted by atomic mass is 35.5. The molecule has 16 heavy (non-hydrogen) atoms. The first-order chi connectivity index (χ1) is 7.67. The van der Waals surface area contributed by atoms with Crippen LogP contribution in [0.15, 0.2) is 24.3 Å². The minimum atomic E-state index is -0.201. The molecule has 4 heteroatoms. The Bertz CT molecular complexity index is 337. The fourth-order valence-corrected chi connectivity index (χ4v) is 1.46. The molecule has 0 aliphatic carbocycles. The number of carbonyl (C=O) groups is 1. The highest BCUT2D eigenvalue weighted by Crippen LogP contribution is 2.18. The minimum absolute atomic E-state index is 0.0350. The second-order valence-corrected chi connectivity index (χ2v) is 3.96. The fraction of sp³-hybridized carbons (Fsp3) is 0.417. The van der Waals surface area contributed by atoms with Gasteiger partial charge in [-0.1, -0.05) is 30.7 Å². The van der Waals surface area contributed by atoms with E-state index in [1.54, 1.807) is 19.1 Å². The lowest BCUT2D eigenvalue weighted by Crippen LogP contribution is -2.19. The van der Waals surface area contributed by atoms with Crippen LogP contribution in [-0.4, -0.2) is 19.1 Å². The van der Waals surface area contributed by atoms with Gasteiger partial charge in [0.15, 0.2) is 0 Å². The number of rotatable bonds is 5. The molecule has 0 aliphatic heterocycles. The average Bonchev–Trinajstić information content (AvgIpc) is 2.31. The smallest absolute Gasteiger partial charge is 0.305 e. The molecule has 0 saturated carbocycles. The Labute approximate surface area is 101 Å². The molecule has 0 aliphatic rings. The number of halogens is 1. The van der Waals surface area contributed by atoms with Crippen LogP contribution in [-0.2, 0) is 9.53 Å². The Kier molecular flexibility index (Phi) is 5.29.